The van der Waals surface area contributed by atoms with Gasteiger partial charge in [0.05, 0.1) is 39.5 Å². The summed E-state index contributed by atoms with van der Waals surface area (Å²) < 4.78 is 51.5. The van der Waals surface area contributed by atoms with E-state index in [0.717, 1.165) is 0 Å². The van der Waals surface area contributed by atoms with Gasteiger partial charge in [-0.25, -0.2) is 0 Å². The van der Waals surface area contributed by atoms with Gasteiger partial charge in [-0.05, 0) is 47.9 Å². The Hall–Kier alpha value is -3.33. The van der Waals surface area contributed by atoms with Crippen molar-refractivity contribution in [3.05, 3.63) is 41.0 Å². The van der Waals surface area contributed by atoms with Gasteiger partial charge in [-0.15, -0.1) is 0 Å². The molecule has 7 rings (SSSR count). The molecule has 3 saturated heterocycles. The quantitative estimate of drug-likeness (QED) is 0.430. The number of cyclic esters (lactones) is 1. The molecule has 3 fully saturated rings. The summed E-state index contributed by atoms with van der Waals surface area (Å²) in [6, 6.07) is 6.93. The van der Waals surface area contributed by atoms with Gasteiger partial charge >= 0.3 is 5.97 Å². The minimum absolute atomic E-state index is 0.0301. The van der Waals surface area contributed by atoms with Crippen molar-refractivity contribution in [1.29, 1.82) is 0 Å². The molecule has 5 aliphatic rings. The lowest BCUT2D eigenvalue weighted by Crippen LogP contribution is -2.63. The highest BCUT2D eigenvalue weighted by atomic mass is 16.8. The summed E-state index contributed by atoms with van der Waals surface area (Å²) in [6.07, 6.45) is -6.80. The minimum Gasteiger partial charge on any atom is -0.502 e. The third-order valence-corrected chi connectivity index (χ3v) is 8.75. The number of phenols is 1. The minimum atomic E-state index is -1.44. The Morgan fingerprint density at radius 2 is 1.57 bits per heavy atom. The summed E-state index contributed by atoms with van der Waals surface area (Å²) in [5.74, 6) is -1.02. The second-order valence-corrected chi connectivity index (χ2v) is 11.0. The Balaban J connectivity index is 1.32. The number of carbonyl (C=O) groups is 1. The maximum absolute atomic E-state index is 13.4. The van der Waals surface area contributed by atoms with Gasteiger partial charge in [-0.1, -0.05) is 0 Å². The topological polar surface area (TPSA) is 161 Å². The van der Waals surface area contributed by atoms with Crippen molar-refractivity contribution in [2.24, 2.45) is 11.8 Å². The number of aliphatic hydroxyl groups is 2. The molecule has 0 spiro atoms. The largest absolute Gasteiger partial charge is 0.502 e. The maximum atomic E-state index is 13.4. The van der Waals surface area contributed by atoms with E-state index in [-0.39, 0.29) is 37.3 Å². The molecule has 0 bridgehead atoms. The smallest absolute Gasteiger partial charge is 0.310 e. The van der Waals surface area contributed by atoms with Gasteiger partial charge in [0.25, 0.3) is 0 Å². The van der Waals surface area contributed by atoms with Crippen molar-refractivity contribution >= 4 is 5.97 Å². The zero-order chi connectivity index (χ0) is 29.3. The second kappa shape index (κ2) is 10.4. The highest BCUT2D eigenvalue weighted by Gasteiger charge is 2.56. The van der Waals surface area contributed by atoms with Crippen molar-refractivity contribution in [3.8, 4) is 28.7 Å². The molecule has 0 amide bonds. The first-order valence-corrected chi connectivity index (χ1v) is 13.8. The van der Waals surface area contributed by atoms with Crippen LogP contribution in [0.15, 0.2) is 24.3 Å². The number of aromatic hydroxyl groups is 1. The fourth-order valence-electron chi connectivity index (χ4n) is 6.74. The third-order valence-electron chi connectivity index (χ3n) is 8.75. The van der Waals surface area contributed by atoms with Crippen LogP contribution in [0.1, 0.15) is 35.6 Å². The Morgan fingerprint density at radius 1 is 0.881 bits per heavy atom. The molecular formula is C29H32O13. The summed E-state index contributed by atoms with van der Waals surface area (Å²) in [5.41, 5.74) is 2.01. The number of benzene rings is 2. The maximum Gasteiger partial charge on any atom is 0.310 e. The highest BCUT2D eigenvalue weighted by Crippen LogP contribution is 2.57. The molecule has 42 heavy (non-hydrogen) atoms. The number of hydrogen-bond donors (Lipinski definition) is 3. The van der Waals surface area contributed by atoms with E-state index >= 15 is 0 Å². The molecule has 2 aromatic carbocycles. The Bertz CT molecular complexity index is 1350. The molecule has 4 heterocycles. The number of fused-ring (bicyclic) bond motifs is 4. The molecule has 13 heteroatoms. The standard InChI is InChI=1S/C29H32O13/c1-11-36-9-20-27(40-11)24(31)25(32)29(41-20)42-26-14-7-17-16(38-10-39-17)6-13(14)21(22-15(26)8-37-28(22)33)12-4-18(34-2)23(30)19(5-12)35-3/h4-7,11,15,20-22,24-27,29-32H,8-10H2,1-3H3/t11-,15+,20-,21+,22+,24-,25+,26-,27-,29+/m1/s1. The molecule has 2 aromatic rings. The molecule has 0 aromatic heterocycles. The van der Waals surface area contributed by atoms with E-state index in [0.29, 0.717) is 28.2 Å². The first-order chi connectivity index (χ1) is 20.3. The number of carbonyl (C=O) groups excluding carboxylic acids is 1. The molecule has 0 unspecified atom stereocenters. The van der Waals surface area contributed by atoms with Crippen LogP contribution < -0.4 is 18.9 Å². The van der Waals surface area contributed by atoms with E-state index in [1.807, 2.05) is 0 Å². The predicted molar refractivity (Wildman–Crippen MR) is 138 cm³/mol. The first-order valence-electron chi connectivity index (χ1n) is 13.8. The number of rotatable bonds is 5. The van der Waals surface area contributed by atoms with Crippen molar-refractivity contribution in [1.82, 2.24) is 0 Å². The Labute approximate surface area is 240 Å². The molecule has 226 valence electrons. The average molecular weight is 589 g/mol. The van der Waals surface area contributed by atoms with E-state index in [2.05, 4.69) is 0 Å². The highest BCUT2D eigenvalue weighted by molar-refractivity contribution is 5.79. The third kappa shape index (κ3) is 4.26. The number of esters is 1. The fourth-order valence-corrected chi connectivity index (χ4v) is 6.74. The summed E-state index contributed by atoms with van der Waals surface area (Å²) in [7, 11) is 2.86. The lowest BCUT2D eigenvalue weighted by Gasteiger charge is -2.47. The molecular weight excluding hydrogens is 556 g/mol. The lowest BCUT2D eigenvalue weighted by atomic mass is 9.66. The average Bonchev–Trinajstić information content (AvgIpc) is 3.61. The molecule has 1 aliphatic carbocycles. The lowest BCUT2D eigenvalue weighted by molar-refractivity contribution is -0.364. The van der Waals surface area contributed by atoms with Gasteiger partial charge in [0, 0.05) is 11.8 Å². The van der Waals surface area contributed by atoms with Crippen LogP contribution in [0.25, 0.3) is 0 Å². The zero-order valence-electron chi connectivity index (χ0n) is 23.1. The van der Waals surface area contributed by atoms with Gasteiger partial charge in [0.2, 0.25) is 12.5 Å². The number of phenolic OH excluding ortho intramolecular Hbond substituents is 1. The van der Waals surface area contributed by atoms with Gasteiger partial charge < -0.3 is 58.0 Å². The van der Waals surface area contributed by atoms with E-state index < -0.39 is 66.8 Å². The van der Waals surface area contributed by atoms with E-state index in [4.69, 9.17) is 42.6 Å². The van der Waals surface area contributed by atoms with Crippen LogP contribution in [0.3, 0.4) is 0 Å². The first kappa shape index (κ1) is 27.5. The molecule has 0 radical (unpaired) electrons. The van der Waals surface area contributed by atoms with Gasteiger partial charge in [-0.2, -0.15) is 0 Å². The number of methoxy groups -OCH3 is 2. The van der Waals surface area contributed by atoms with Crippen LogP contribution in [-0.4, -0.2) is 92.5 Å². The molecule has 13 nitrogen and oxygen atoms in total. The summed E-state index contributed by atoms with van der Waals surface area (Å²) >= 11 is 0. The van der Waals surface area contributed by atoms with Crippen molar-refractivity contribution in [3.63, 3.8) is 0 Å². The van der Waals surface area contributed by atoms with Crippen LogP contribution in [-0.2, 0) is 28.5 Å². The van der Waals surface area contributed by atoms with Crippen LogP contribution >= 0.6 is 0 Å². The molecule has 10 atom stereocenters. The molecule has 4 aliphatic heterocycles. The van der Waals surface area contributed by atoms with Crippen LogP contribution in [0.5, 0.6) is 28.7 Å². The van der Waals surface area contributed by atoms with Crippen molar-refractivity contribution in [2.75, 3.05) is 34.2 Å². The van der Waals surface area contributed by atoms with Crippen LogP contribution in [0.4, 0.5) is 0 Å². The number of hydrogen-bond acceptors (Lipinski definition) is 13. The SMILES string of the molecule is COc1cc([C@H]2c3cc4c(cc3[C@@H](O[C@@H]3O[C@@H]5CO[C@@H](C)O[C@H]5[C@H](O)[C@@H]3O)[C@H]3COC(=O)[C@H]23)OCO4)cc(OC)c1O. The number of ether oxygens (including phenoxy) is 9. The van der Waals surface area contributed by atoms with Crippen molar-refractivity contribution in [2.45, 2.75) is 55.9 Å². The molecule has 3 N–H and O–H groups in total. The van der Waals surface area contributed by atoms with E-state index in [1.54, 1.807) is 31.2 Å². The van der Waals surface area contributed by atoms with E-state index in [1.165, 1.54) is 14.2 Å². The monoisotopic (exact) mass is 588 g/mol. The van der Waals surface area contributed by atoms with Gasteiger partial charge in [0.15, 0.2) is 35.6 Å². The summed E-state index contributed by atoms with van der Waals surface area (Å²) in [6.45, 7) is 1.93. The van der Waals surface area contributed by atoms with E-state index in [9.17, 15) is 20.1 Å². The fraction of sp³-hybridized carbons (Fsp3) is 0.552. The molecule has 0 saturated carbocycles. The zero-order valence-corrected chi connectivity index (χ0v) is 23.1. The van der Waals surface area contributed by atoms with Crippen LogP contribution in [0, 0.1) is 11.8 Å². The van der Waals surface area contributed by atoms with Gasteiger partial charge in [-0.3, -0.25) is 4.79 Å². The Morgan fingerprint density at radius 3 is 2.26 bits per heavy atom. The summed E-state index contributed by atoms with van der Waals surface area (Å²) in [5, 5.41) is 32.5. The number of aliphatic hydroxyl groups excluding tert-OH is 2. The summed E-state index contributed by atoms with van der Waals surface area (Å²) in [4.78, 5) is 13.4. The predicted octanol–water partition coefficient (Wildman–Crippen LogP) is 1.34. The van der Waals surface area contributed by atoms with Crippen molar-refractivity contribution < 1.29 is 62.7 Å². The second-order valence-electron chi connectivity index (χ2n) is 11.0. The Kier molecular flexibility index (Phi) is 6.83. The normalized spacial score (nSPS) is 36.5. The van der Waals surface area contributed by atoms with Crippen LogP contribution in [0.2, 0.25) is 0 Å². The van der Waals surface area contributed by atoms with Gasteiger partial charge in [0.1, 0.15) is 24.4 Å².